The van der Waals surface area contributed by atoms with Crippen LogP contribution in [0.4, 0.5) is 4.79 Å². The number of amides is 5. The number of aldehydes is 1. The molecule has 5 heterocycles. The van der Waals surface area contributed by atoms with Gasteiger partial charge in [0.1, 0.15) is 29.7 Å². The van der Waals surface area contributed by atoms with Gasteiger partial charge in [-0.05, 0) is 102 Å². The van der Waals surface area contributed by atoms with E-state index in [1.54, 1.807) is 51.5 Å². The number of phenols is 1. The van der Waals surface area contributed by atoms with Gasteiger partial charge in [0.15, 0.2) is 0 Å². The number of nitrogens with one attached hydrogen (secondary N) is 2. The smallest absolute Gasteiger partial charge is 0.319 e. The van der Waals surface area contributed by atoms with Crippen LogP contribution in [0.1, 0.15) is 70.6 Å². The van der Waals surface area contributed by atoms with Gasteiger partial charge in [-0.25, -0.2) is 10.2 Å². The van der Waals surface area contributed by atoms with Crippen LogP contribution in [-0.4, -0.2) is 143 Å². The molecule has 6 bridgehead atoms. The largest absolute Gasteiger partial charge is 0.508 e. The van der Waals surface area contributed by atoms with Gasteiger partial charge in [-0.1, -0.05) is 39.8 Å². The molecule has 360 valence electrons. The molecule has 3 aliphatic heterocycles. The van der Waals surface area contributed by atoms with Crippen molar-refractivity contribution in [3.05, 3.63) is 71.5 Å². The minimum absolute atomic E-state index is 0.00599. The minimum atomic E-state index is -1.22. The number of rotatable bonds is 10. The van der Waals surface area contributed by atoms with Gasteiger partial charge in [0.05, 0.1) is 31.4 Å². The Morgan fingerprint density at radius 1 is 1.07 bits per heavy atom. The van der Waals surface area contributed by atoms with Crippen molar-refractivity contribution >= 4 is 40.9 Å². The second-order valence-electron chi connectivity index (χ2n) is 20.0. The zero-order valence-corrected chi connectivity index (χ0v) is 40.6. The van der Waals surface area contributed by atoms with E-state index in [4.69, 9.17) is 9.47 Å². The summed E-state index contributed by atoms with van der Waals surface area (Å²) >= 11 is 0. The Kier molecular flexibility index (Phi) is 14.8. The highest BCUT2D eigenvalue weighted by Crippen LogP contribution is 2.41. The van der Waals surface area contributed by atoms with Crippen molar-refractivity contribution in [2.45, 2.75) is 97.5 Å². The number of hydrogen-bond donors (Lipinski definition) is 3. The van der Waals surface area contributed by atoms with Gasteiger partial charge in [0.25, 0.3) is 5.91 Å². The van der Waals surface area contributed by atoms with Crippen molar-refractivity contribution in [2.75, 3.05) is 61.1 Å². The summed E-state index contributed by atoms with van der Waals surface area (Å²) < 4.78 is 14.5. The number of carbonyl (C=O) groups is 5. The summed E-state index contributed by atoms with van der Waals surface area (Å²) in [6.07, 6.45) is 6.48. The summed E-state index contributed by atoms with van der Waals surface area (Å²) in [5, 5.41) is 16.8. The molecule has 3 aliphatic rings. The lowest BCUT2D eigenvalue weighted by Gasteiger charge is -2.42. The van der Waals surface area contributed by atoms with Crippen molar-refractivity contribution in [3.8, 4) is 28.1 Å². The highest BCUT2D eigenvalue weighted by Gasteiger charge is 2.42. The number of aromatic hydroxyl groups is 1. The first kappa shape index (κ1) is 49.1. The molecule has 16 heteroatoms. The number of pyridine rings is 1. The lowest BCUT2D eigenvalue weighted by atomic mass is 9.84. The van der Waals surface area contributed by atoms with Crippen molar-refractivity contribution in [1.82, 2.24) is 40.0 Å². The first-order valence-electron chi connectivity index (χ1n) is 23.5. The summed E-state index contributed by atoms with van der Waals surface area (Å²) in [5.41, 5.74) is 8.88. The van der Waals surface area contributed by atoms with Gasteiger partial charge >= 0.3 is 6.03 Å². The van der Waals surface area contributed by atoms with E-state index in [2.05, 4.69) is 53.2 Å². The molecule has 1 unspecified atom stereocenters. The lowest BCUT2D eigenvalue weighted by molar-refractivity contribution is -0.148. The molecule has 0 spiro atoms. The molecule has 16 nitrogen and oxygen atoms in total. The lowest BCUT2D eigenvalue weighted by Crippen LogP contribution is -2.66. The average molecular weight is 921 g/mol. The fourth-order valence-corrected chi connectivity index (χ4v) is 10.3. The number of aryl methyl sites for hydroxylation is 1. The molecule has 2 saturated heterocycles. The van der Waals surface area contributed by atoms with E-state index < -0.39 is 40.8 Å². The Hall–Kier alpha value is -5.84. The van der Waals surface area contributed by atoms with Crippen molar-refractivity contribution < 1.29 is 38.6 Å². The van der Waals surface area contributed by atoms with Crippen molar-refractivity contribution in [3.63, 3.8) is 0 Å². The number of fused-ring (bicyclic) bond motifs is 6. The highest BCUT2D eigenvalue weighted by atomic mass is 16.5. The Balaban J connectivity index is 1.30. The molecule has 7 rings (SSSR count). The Morgan fingerprint density at radius 3 is 2.55 bits per heavy atom. The zero-order chi connectivity index (χ0) is 48.4. The van der Waals surface area contributed by atoms with E-state index in [1.165, 1.54) is 14.8 Å². The Labute approximate surface area is 393 Å². The summed E-state index contributed by atoms with van der Waals surface area (Å²) in [5.74, 6) is -2.10. The zero-order valence-electron chi connectivity index (χ0n) is 40.6. The summed E-state index contributed by atoms with van der Waals surface area (Å²) in [4.78, 5) is 78.4. The number of likely N-dealkylation sites (N-methyl/N-ethyl adjacent to an activating group) is 1. The summed E-state index contributed by atoms with van der Waals surface area (Å²) in [7, 11) is 6.61. The van der Waals surface area contributed by atoms with Crippen LogP contribution in [-0.2, 0) is 54.6 Å². The van der Waals surface area contributed by atoms with Crippen LogP contribution >= 0.6 is 0 Å². The van der Waals surface area contributed by atoms with Gasteiger partial charge in [-0.2, -0.15) is 0 Å². The van der Waals surface area contributed by atoms with Gasteiger partial charge < -0.3 is 44.0 Å². The first-order valence-corrected chi connectivity index (χ1v) is 23.5. The van der Waals surface area contributed by atoms with Gasteiger partial charge in [-0.15, -0.1) is 0 Å². The molecule has 4 atom stereocenters. The highest BCUT2D eigenvalue weighted by molar-refractivity contribution is 5.96. The molecular formula is C51H68N8O8. The standard InChI is InChI=1S/C51H68N8O8/c1-10-58-43-13-12-34-24-39(43)40(45(58)41-26-52-17-14-36(41)28-66-9)25-50(4,5)30-67-31-51(29-60)16-11-18-59(54-51)48(64)42(22-33-20-37(34)23-38(61)21-33)53-46(62)44(32(2)3)56(8)47(63)35-15-19-57(27-35)49(65)55(6)7/h12-14,17,20-21,23-24,26,29,32,35,42,44,54,61H,10-11,15-16,18-19,22,25,27-28,30-31H2,1-9H3,(H,53,62)/t35-,42-,44-,51?/m0/s1. The van der Waals surface area contributed by atoms with Gasteiger partial charge in [0, 0.05) is 89.7 Å². The molecule has 0 radical (unpaired) electrons. The number of ether oxygens (including phenoxy) is 2. The predicted octanol–water partition coefficient (Wildman–Crippen LogP) is 5.42. The van der Waals surface area contributed by atoms with Crippen LogP contribution in [0.25, 0.3) is 33.3 Å². The normalized spacial score (nSPS) is 21.5. The number of nitrogens with zero attached hydrogens (tertiary/aromatic N) is 6. The maximum absolute atomic E-state index is 14.9. The molecule has 2 fully saturated rings. The minimum Gasteiger partial charge on any atom is -0.508 e. The van der Waals surface area contributed by atoms with Crippen LogP contribution in [0, 0.1) is 17.3 Å². The van der Waals surface area contributed by atoms with Crippen molar-refractivity contribution in [1.29, 1.82) is 0 Å². The maximum atomic E-state index is 14.9. The molecule has 3 N–H and O–H groups in total. The molecule has 2 aromatic carbocycles. The van der Waals surface area contributed by atoms with Gasteiger partial charge in [0.2, 0.25) is 11.8 Å². The molecule has 0 saturated carbocycles. The fraction of sp³-hybridized carbons (Fsp3) is 0.529. The average Bonchev–Trinajstić information content (AvgIpc) is 3.90. The number of phenolic OH excluding ortho intramolecular Hbond substituents is 1. The summed E-state index contributed by atoms with van der Waals surface area (Å²) in [6, 6.07) is 11.2. The third-order valence-electron chi connectivity index (χ3n) is 13.5. The van der Waals surface area contributed by atoms with Crippen LogP contribution in [0.2, 0.25) is 0 Å². The second kappa shape index (κ2) is 20.2. The number of benzene rings is 2. The molecule has 0 aliphatic carbocycles. The number of aromatic nitrogens is 2. The second-order valence-corrected chi connectivity index (χ2v) is 20.0. The van der Waals surface area contributed by atoms with Crippen LogP contribution < -0.4 is 10.7 Å². The van der Waals surface area contributed by atoms with E-state index in [9.17, 15) is 29.1 Å². The SMILES string of the molecule is CCn1c(-c2cnccc2COC)c2c3cc(ccc31)-c1cc(O)cc(c1)C[C@H](NC(=O)[C@H](C(C)C)N(C)C(=O)[C@H]1CCN(C(=O)N(C)C)C1)C(=O)N1CCCC(C=O)(COCC(C)(C)C2)N1. The number of hydrazine groups is 1. The fourth-order valence-electron chi connectivity index (χ4n) is 10.3. The third-order valence-corrected chi connectivity index (χ3v) is 13.5. The molecule has 2 aromatic heterocycles. The third kappa shape index (κ3) is 10.4. The predicted molar refractivity (Wildman–Crippen MR) is 256 cm³/mol. The number of urea groups is 1. The monoisotopic (exact) mass is 921 g/mol. The molecule has 5 amide bonds. The van der Waals surface area contributed by atoms with Crippen LogP contribution in [0.3, 0.4) is 0 Å². The number of likely N-dealkylation sites (tertiary alicyclic amines) is 1. The molecular weight excluding hydrogens is 853 g/mol. The van der Waals surface area contributed by atoms with E-state index >= 15 is 0 Å². The quantitative estimate of drug-likeness (QED) is 0.174. The van der Waals surface area contributed by atoms with Crippen LogP contribution in [0.15, 0.2) is 54.9 Å². The maximum Gasteiger partial charge on any atom is 0.319 e. The number of methoxy groups -OCH3 is 1. The van der Waals surface area contributed by atoms with Crippen LogP contribution in [0.5, 0.6) is 5.75 Å². The van der Waals surface area contributed by atoms with E-state index in [0.717, 1.165) is 50.7 Å². The van der Waals surface area contributed by atoms with E-state index in [0.29, 0.717) is 57.6 Å². The number of hydrogen-bond acceptors (Lipinski definition) is 10. The number of carbonyl (C=O) groups excluding carboxylic acids is 5. The topological polar surface area (TPSA) is 179 Å². The van der Waals surface area contributed by atoms with E-state index in [1.807, 2.05) is 38.2 Å². The summed E-state index contributed by atoms with van der Waals surface area (Å²) in [6.45, 7) is 12.4. The van der Waals surface area contributed by atoms with Gasteiger partial charge in [-0.3, -0.25) is 24.4 Å². The Morgan fingerprint density at radius 2 is 1.85 bits per heavy atom. The first-order chi connectivity index (χ1) is 31.9. The van der Waals surface area contributed by atoms with E-state index in [-0.39, 0.29) is 49.7 Å². The van der Waals surface area contributed by atoms with Crippen molar-refractivity contribution in [2.24, 2.45) is 17.3 Å². The molecule has 67 heavy (non-hydrogen) atoms. The molecule has 4 aromatic rings. The Bertz CT molecular complexity index is 2500.